The van der Waals surface area contributed by atoms with Gasteiger partial charge in [-0.05, 0) is 197 Å². The fraction of sp³-hybridized carbons (Fsp3) is 0.333. The molecular formula is C81H87BN2. The third kappa shape index (κ3) is 9.04. The summed E-state index contributed by atoms with van der Waals surface area (Å²) in [5, 5.41) is 0. The van der Waals surface area contributed by atoms with Crippen molar-refractivity contribution in [2.45, 2.75) is 174 Å². The maximum atomic E-state index is 2.71. The van der Waals surface area contributed by atoms with E-state index < -0.39 is 0 Å². The molecule has 9 aromatic rings. The Morgan fingerprint density at radius 1 is 0.345 bits per heavy atom. The molecule has 2 nitrogen and oxygen atoms in total. The largest absolute Gasteiger partial charge is 0.311 e. The molecule has 424 valence electrons. The molecule has 0 unspecified atom stereocenters. The molecule has 0 bridgehead atoms. The summed E-state index contributed by atoms with van der Waals surface area (Å²) in [6.45, 7) is 38.6. The summed E-state index contributed by atoms with van der Waals surface area (Å²) in [5.41, 5.74) is 29.9. The SMILES string of the molecule is Cc1cc2c3c(c1)N(c1ccc(C(C)(C)c4ccccc4)cc1-c1ccc(-c4ccc(C(C)(C)C)cc4)cc1)c1cc(C(C)(C)c4ccccc4)ccc1B3c1cc3c(cc1N2c1ccc2c(c1)C(C)(C)CCC2(C)C)C(C)(C)CCC3(C)C. The van der Waals surface area contributed by atoms with E-state index in [1.54, 1.807) is 0 Å². The van der Waals surface area contributed by atoms with Crippen LogP contribution in [0.4, 0.5) is 34.1 Å². The topological polar surface area (TPSA) is 6.48 Å². The first-order valence-electron chi connectivity index (χ1n) is 31.4. The average Bonchev–Trinajstić information content (AvgIpc) is 0.954. The van der Waals surface area contributed by atoms with Gasteiger partial charge in [0, 0.05) is 44.8 Å². The number of benzene rings is 9. The van der Waals surface area contributed by atoms with Crippen LogP contribution in [0.25, 0.3) is 22.3 Å². The molecular weight excluding hydrogens is 1010 g/mol. The molecule has 0 radical (unpaired) electrons. The molecule has 0 N–H and O–H groups in total. The first-order chi connectivity index (χ1) is 39.7. The number of fused-ring (bicyclic) bond motifs is 6. The van der Waals surface area contributed by atoms with Gasteiger partial charge in [0.1, 0.15) is 0 Å². The van der Waals surface area contributed by atoms with Crippen LogP contribution in [-0.4, -0.2) is 6.71 Å². The molecule has 2 aliphatic heterocycles. The lowest BCUT2D eigenvalue weighted by Crippen LogP contribution is -2.62. The summed E-state index contributed by atoms with van der Waals surface area (Å²) in [5.74, 6) is 0. The Bertz CT molecular complexity index is 4050. The Balaban J connectivity index is 1.11. The summed E-state index contributed by atoms with van der Waals surface area (Å²) in [4.78, 5) is 5.41. The lowest BCUT2D eigenvalue weighted by atomic mass is 9.33. The number of anilines is 6. The second kappa shape index (κ2) is 19.3. The Morgan fingerprint density at radius 2 is 0.798 bits per heavy atom. The lowest BCUT2D eigenvalue weighted by molar-refractivity contribution is 0.332. The Labute approximate surface area is 504 Å². The normalized spacial score (nSPS) is 17.2. The minimum Gasteiger partial charge on any atom is -0.311 e. The summed E-state index contributed by atoms with van der Waals surface area (Å²) in [6.07, 6.45) is 4.66. The van der Waals surface area contributed by atoms with Crippen molar-refractivity contribution < 1.29 is 0 Å². The van der Waals surface area contributed by atoms with Crippen molar-refractivity contribution in [1.29, 1.82) is 0 Å². The first-order valence-corrected chi connectivity index (χ1v) is 31.4. The van der Waals surface area contributed by atoms with Crippen molar-refractivity contribution in [2.24, 2.45) is 0 Å². The van der Waals surface area contributed by atoms with E-state index in [0.717, 1.165) is 19.3 Å². The van der Waals surface area contributed by atoms with Gasteiger partial charge in [0.15, 0.2) is 0 Å². The van der Waals surface area contributed by atoms with Crippen molar-refractivity contribution in [1.82, 2.24) is 0 Å². The van der Waals surface area contributed by atoms with Crippen LogP contribution in [0.1, 0.15) is 185 Å². The van der Waals surface area contributed by atoms with Gasteiger partial charge in [-0.1, -0.05) is 243 Å². The van der Waals surface area contributed by atoms with Crippen LogP contribution in [0.15, 0.2) is 188 Å². The quantitative estimate of drug-likeness (QED) is 0.140. The molecule has 0 aromatic heterocycles. The minimum absolute atomic E-state index is 0.0191. The van der Waals surface area contributed by atoms with Gasteiger partial charge in [-0.25, -0.2) is 0 Å². The molecule has 3 heteroatoms. The first kappa shape index (κ1) is 55.8. The predicted molar refractivity (Wildman–Crippen MR) is 362 cm³/mol. The molecule has 0 fully saturated rings. The fourth-order valence-electron chi connectivity index (χ4n) is 15.2. The summed E-state index contributed by atoms with van der Waals surface area (Å²) < 4.78 is 0. The highest BCUT2D eigenvalue weighted by Crippen LogP contribution is 2.54. The number of hydrogen-bond acceptors (Lipinski definition) is 2. The molecule has 2 aliphatic carbocycles. The second-order valence-electron chi connectivity index (χ2n) is 30.4. The number of hydrogen-bond donors (Lipinski definition) is 0. The molecule has 0 atom stereocenters. The van der Waals surface area contributed by atoms with E-state index >= 15 is 0 Å². The number of rotatable bonds is 8. The Hall–Kier alpha value is -7.36. The van der Waals surface area contributed by atoms with Gasteiger partial charge in [0.2, 0.25) is 0 Å². The molecule has 2 heterocycles. The van der Waals surface area contributed by atoms with E-state index in [1.807, 2.05) is 0 Å². The molecule has 0 saturated heterocycles. The average molecular weight is 1100 g/mol. The van der Waals surface area contributed by atoms with Crippen LogP contribution in [0.3, 0.4) is 0 Å². The number of aryl methyl sites for hydroxylation is 1. The molecule has 84 heavy (non-hydrogen) atoms. The van der Waals surface area contributed by atoms with Crippen molar-refractivity contribution in [2.75, 3.05) is 9.80 Å². The fourth-order valence-corrected chi connectivity index (χ4v) is 15.2. The highest BCUT2D eigenvalue weighted by Gasteiger charge is 2.48. The third-order valence-corrected chi connectivity index (χ3v) is 21.2. The maximum absolute atomic E-state index is 2.71. The third-order valence-electron chi connectivity index (χ3n) is 21.2. The molecule has 0 amide bonds. The van der Waals surface area contributed by atoms with Gasteiger partial charge in [-0.15, -0.1) is 0 Å². The molecule has 4 aliphatic rings. The van der Waals surface area contributed by atoms with E-state index in [2.05, 4.69) is 309 Å². The van der Waals surface area contributed by atoms with Gasteiger partial charge in [0.05, 0.1) is 5.69 Å². The van der Waals surface area contributed by atoms with Gasteiger partial charge >= 0.3 is 0 Å². The van der Waals surface area contributed by atoms with Crippen molar-refractivity contribution in [3.63, 3.8) is 0 Å². The standard InChI is InChI=1S/C81H87BN2/c1-52-45-72-74-73(46-52)84(69-40-36-59(80(13,14)57-23-19-17-20-24-57)47-62(69)55-29-27-53(28-30-55)54-31-33-56(34-32-54)75(2,3)4)70-48-60(81(15,16)58-25-21-18-22-26-58)35-39-67(70)82(74)68-50-65-66(79(11,12)44-43-78(65,9)10)51-71(68)83(72)61-37-38-63-64(49-61)77(7,8)42-41-76(63,5)6/h17-40,45-51H,41-44H2,1-16H3. The van der Waals surface area contributed by atoms with Gasteiger partial charge in [-0.3, -0.25) is 0 Å². The van der Waals surface area contributed by atoms with Gasteiger partial charge < -0.3 is 9.80 Å². The Kier molecular flexibility index (Phi) is 12.8. The van der Waals surface area contributed by atoms with E-state index in [9.17, 15) is 0 Å². The maximum Gasteiger partial charge on any atom is 0.252 e. The zero-order chi connectivity index (χ0) is 59.3. The van der Waals surface area contributed by atoms with E-state index in [0.29, 0.717) is 0 Å². The van der Waals surface area contributed by atoms with Crippen LogP contribution in [0, 0.1) is 6.92 Å². The zero-order valence-electron chi connectivity index (χ0n) is 53.2. The van der Waals surface area contributed by atoms with Crippen molar-refractivity contribution in [3.05, 3.63) is 244 Å². The monoisotopic (exact) mass is 1100 g/mol. The second-order valence-corrected chi connectivity index (χ2v) is 30.4. The van der Waals surface area contributed by atoms with E-state index in [-0.39, 0.29) is 44.6 Å². The zero-order valence-corrected chi connectivity index (χ0v) is 53.2. The van der Waals surface area contributed by atoms with Crippen molar-refractivity contribution in [3.8, 4) is 22.3 Å². The molecule has 0 spiro atoms. The van der Waals surface area contributed by atoms with Crippen molar-refractivity contribution >= 4 is 57.2 Å². The van der Waals surface area contributed by atoms with Crippen LogP contribution in [0.2, 0.25) is 0 Å². The summed E-state index contributed by atoms with van der Waals surface area (Å²) in [7, 11) is 0. The lowest BCUT2D eigenvalue weighted by Gasteiger charge is -2.48. The van der Waals surface area contributed by atoms with E-state index in [1.165, 1.54) is 135 Å². The van der Waals surface area contributed by atoms with Crippen LogP contribution < -0.4 is 26.2 Å². The minimum atomic E-state index is -0.280. The summed E-state index contributed by atoms with van der Waals surface area (Å²) >= 11 is 0. The van der Waals surface area contributed by atoms with Crippen LogP contribution >= 0.6 is 0 Å². The number of nitrogens with zero attached hydrogens (tertiary/aromatic N) is 2. The molecule has 0 saturated carbocycles. The van der Waals surface area contributed by atoms with Gasteiger partial charge in [0.25, 0.3) is 6.71 Å². The molecule has 13 rings (SSSR count). The van der Waals surface area contributed by atoms with Gasteiger partial charge in [-0.2, -0.15) is 0 Å². The summed E-state index contributed by atoms with van der Waals surface area (Å²) in [6, 6.07) is 73.8. The Morgan fingerprint density at radius 3 is 1.36 bits per heavy atom. The van der Waals surface area contributed by atoms with Crippen LogP contribution in [-0.2, 0) is 37.9 Å². The predicted octanol–water partition coefficient (Wildman–Crippen LogP) is 20.1. The van der Waals surface area contributed by atoms with Crippen LogP contribution in [0.5, 0.6) is 0 Å². The molecule has 9 aromatic carbocycles. The smallest absolute Gasteiger partial charge is 0.252 e. The van der Waals surface area contributed by atoms with E-state index in [4.69, 9.17) is 0 Å². The highest BCUT2D eigenvalue weighted by atomic mass is 15.2. The highest BCUT2D eigenvalue weighted by molar-refractivity contribution is 7.00.